The summed E-state index contributed by atoms with van der Waals surface area (Å²) in [6, 6.07) is 5.29. The largest absolute Gasteiger partial charge is 0.489 e. The summed E-state index contributed by atoms with van der Waals surface area (Å²) in [5, 5.41) is 11.1. The molecule has 1 aromatic rings. The zero-order chi connectivity index (χ0) is 19.1. The van der Waals surface area contributed by atoms with Gasteiger partial charge in [0.2, 0.25) is 0 Å². The van der Waals surface area contributed by atoms with E-state index in [2.05, 4.69) is 20.3 Å². The fourth-order valence-electron chi connectivity index (χ4n) is 1.78. The van der Waals surface area contributed by atoms with Crippen LogP contribution in [0.15, 0.2) is 39.4 Å². The van der Waals surface area contributed by atoms with E-state index in [0.717, 1.165) is 29.8 Å². The molecule has 1 atom stereocenters. The lowest BCUT2D eigenvalue weighted by Crippen LogP contribution is -2.19. The Balaban J connectivity index is 2.03. The highest BCUT2D eigenvalue weighted by Crippen LogP contribution is 2.26. The summed E-state index contributed by atoms with van der Waals surface area (Å²) in [6.45, 7) is 4.00. The molecule has 1 fully saturated rings. The number of ether oxygens (including phenoxy) is 2. The van der Waals surface area contributed by atoms with Crippen LogP contribution in [0.1, 0.15) is 25.8 Å². The maximum atomic E-state index is 11.7. The number of halogens is 1. The Morgan fingerprint density at radius 3 is 2.88 bits per heavy atom. The molecule has 1 saturated heterocycles. The molecule has 1 aliphatic rings. The summed E-state index contributed by atoms with van der Waals surface area (Å²) in [5.74, 6) is -0.425. The molecule has 0 aliphatic carbocycles. The monoisotopic (exact) mass is 395 g/mol. The van der Waals surface area contributed by atoms with E-state index in [0.29, 0.717) is 10.8 Å². The number of nitrogens with one attached hydrogen (secondary N) is 1. The molecule has 2 rings (SSSR count). The molecule has 1 heterocycles. The number of hydrogen-bond acceptors (Lipinski definition) is 7. The van der Waals surface area contributed by atoms with E-state index in [-0.39, 0.29) is 16.2 Å². The summed E-state index contributed by atoms with van der Waals surface area (Å²) in [6.07, 6.45) is 3.56. The van der Waals surface area contributed by atoms with Crippen LogP contribution in [-0.4, -0.2) is 36.5 Å². The number of amidine groups is 1. The topological polar surface area (TPSA) is 89.4 Å². The minimum atomic E-state index is -0.609. The zero-order valence-corrected chi connectivity index (χ0v) is 16.1. The minimum Gasteiger partial charge on any atom is -0.489 e. The molecule has 1 amide bonds. The van der Waals surface area contributed by atoms with Gasteiger partial charge < -0.3 is 9.47 Å². The van der Waals surface area contributed by atoms with E-state index in [1.54, 1.807) is 18.2 Å². The molecular formula is C17H18ClN3O4S. The maximum Gasteiger partial charge on any atom is 0.331 e. The normalized spacial score (nSPS) is 18.4. The molecule has 1 aromatic carbocycles. The first-order chi connectivity index (χ1) is 12.4. The van der Waals surface area contributed by atoms with Crippen molar-refractivity contribution >= 4 is 46.6 Å². The van der Waals surface area contributed by atoms with Gasteiger partial charge in [-0.2, -0.15) is 5.10 Å². The van der Waals surface area contributed by atoms with Crippen molar-refractivity contribution in [2.24, 2.45) is 10.2 Å². The van der Waals surface area contributed by atoms with Crippen LogP contribution in [0.5, 0.6) is 5.75 Å². The number of benzene rings is 1. The number of esters is 1. The Morgan fingerprint density at radius 2 is 2.23 bits per heavy atom. The molecule has 26 heavy (non-hydrogen) atoms. The molecule has 0 aromatic heterocycles. The van der Waals surface area contributed by atoms with Gasteiger partial charge in [-0.1, -0.05) is 18.5 Å². The Bertz CT molecular complexity index is 792. The molecule has 0 bridgehead atoms. The highest BCUT2D eigenvalue weighted by atomic mass is 35.5. The van der Waals surface area contributed by atoms with Crippen molar-refractivity contribution in [3.63, 3.8) is 0 Å². The van der Waals surface area contributed by atoms with E-state index < -0.39 is 11.9 Å². The van der Waals surface area contributed by atoms with Crippen LogP contribution < -0.4 is 10.1 Å². The Morgan fingerprint density at radius 1 is 1.46 bits per heavy atom. The van der Waals surface area contributed by atoms with Gasteiger partial charge >= 0.3 is 5.97 Å². The lowest BCUT2D eigenvalue weighted by molar-refractivity contribution is -0.135. The SMILES string of the molecule is CCC(C)Oc1ccc(C=N/N=C2/NC(=O)/C(=C\C(=O)OC)S2)cc1Cl. The number of nitrogens with zero attached hydrogens (tertiary/aromatic N) is 2. The lowest BCUT2D eigenvalue weighted by atomic mass is 10.2. The first-order valence-electron chi connectivity index (χ1n) is 7.79. The quantitative estimate of drug-likeness (QED) is 0.346. The van der Waals surface area contributed by atoms with Crippen molar-refractivity contribution in [3.8, 4) is 5.75 Å². The number of methoxy groups -OCH3 is 1. The number of rotatable bonds is 6. The van der Waals surface area contributed by atoms with Gasteiger partial charge in [0.1, 0.15) is 5.75 Å². The van der Waals surface area contributed by atoms with Gasteiger partial charge in [-0.25, -0.2) is 4.79 Å². The molecular weight excluding hydrogens is 378 g/mol. The molecule has 1 N–H and O–H groups in total. The summed E-state index contributed by atoms with van der Waals surface area (Å²) in [5.41, 5.74) is 0.732. The van der Waals surface area contributed by atoms with Crippen LogP contribution in [0.3, 0.4) is 0 Å². The Hall–Kier alpha value is -2.32. The molecule has 1 unspecified atom stereocenters. The second kappa shape index (κ2) is 9.40. The van der Waals surface area contributed by atoms with E-state index in [9.17, 15) is 9.59 Å². The van der Waals surface area contributed by atoms with Crippen molar-refractivity contribution < 1.29 is 19.1 Å². The van der Waals surface area contributed by atoms with Crippen molar-refractivity contribution in [1.29, 1.82) is 0 Å². The minimum absolute atomic E-state index is 0.0775. The maximum absolute atomic E-state index is 11.7. The van der Waals surface area contributed by atoms with E-state index in [1.165, 1.54) is 13.3 Å². The van der Waals surface area contributed by atoms with Crippen molar-refractivity contribution in [3.05, 3.63) is 39.8 Å². The molecule has 0 radical (unpaired) electrons. The van der Waals surface area contributed by atoms with E-state index in [4.69, 9.17) is 16.3 Å². The van der Waals surface area contributed by atoms with Crippen LogP contribution in [-0.2, 0) is 14.3 Å². The lowest BCUT2D eigenvalue weighted by Gasteiger charge is -2.13. The van der Waals surface area contributed by atoms with E-state index in [1.807, 2.05) is 13.8 Å². The smallest absolute Gasteiger partial charge is 0.331 e. The van der Waals surface area contributed by atoms with Crippen molar-refractivity contribution in [2.45, 2.75) is 26.4 Å². The Labute approximate surface area is 160 Å². The second-order valence-electron chi connectivity index (χ2n) is 5.26. The number of amides is 1. The number of hydrogen-bond donors (Lipinski definition) is 1. The van der Waals surface area contributed by atoms with Crippen LogP contribution in [0.4, 0.5) is 0 Å². The third-order valence-electron chi connectivity index (χ3n) is 3.32. The van der Waals surface area contributed by atoms with Crippen LogP contribution in [0.2, 0.25) is 5.02 Å². The second-order valence-corrected chi connectivity index (χ2v) is 6.70. The average molecular weight is 396 g/mol. The number of thioether (sulfide) groups is 1. The average Bonchev–Trinajstić information content (AvgIpc) is 2.96. The first-order valence-corrected chi connectivity index (χ1v) is 8.98. The standard InChI is InChI=1S/C17H18ClN3O4S/c1-4-10(2)25-13-6-5-11(7-12(13)18)9-19-21-17-20-16(23)14(26-17)8-15(22)24-3/h5-10H,4H2,1-3H3,(H,20,21,23)/b14-8+,19-9?. The summed E-state index contributed by atoms with van der Waals surface area (Å²) in [7, 11) is 1.24. The van der Waals surface area contributed by atoms with Gasteiger partial charge in [0.15, 0.2) is 5.17 Å². The van der Waals surface area contributed by atoms with E-state index >= 15 is 0 Å². The van der Waals surface area contributed by atoms with Gasteiger partial charge in [0.05, 0.1) is 29.4 Å². The summed E-state index contributed by atoms with van der Waals surface area (Å²) >= 11 is 7.20. The predicted octanol–water partition coefficient (Wildman–Crippen LogP) is 3.13. The number of carbonyl (C=O) groups is 2. The summed E-state index contributed by atoms with van der Waals surface area (Å²) < 4.78 is 10.2. The van der Waals surface area contributed by atoms with Crippen molar-refractivity contribution in [2.75, 3.05) is 7.11 Å². The third-order valence-corrected chi connectivity index (χ3v) is 4.51. The highest BCUT2D eigenvalue weighted by molar-refractivity contribution is 8.18. The summed E-state index contributed by atoms with van der Waals surface area (Å²) in [4.78, 5) is 23.1. The van der Waals surface area contributed by atoms with Crippen LogP contribution in [0.25, 0.3) is 0 Å². The van der Waals surface area contributed by atoms with Gasteiger partial charge in [-0.05, 0) is 48.9 Å². The fourth-order valence-corrected chi connectivity index (χ4v) is 2.75. The molecule has 1 aliphatic heterocycles. The van der Waals surface area contributed by atoms with Crippen LogP contribution >= 0.6 is 23.4 Å². The van der Waals surface area contributed by atoms with Gasteiger partial charge in [0.25, 0.3) is 5.91 Å². The Kier molecular flexibility index (Phi) is 7.23. The zero-order valence-electron chi connectivity index (χ0n) is 14.5. The molecule has 0 spiro atoms. The molecule has 7 nitrogen and oxygen atoms in total. The number of carbonyl (C=O) groups excluding carboxylic acids is 2. The first kappa shape index (κ1) is 20.0. The fraction of sp³-hybridized carbons (Fsp3) is 0.294. The molecule has 9 heteroatoms. The van der Waals surface area contributed by atoms with Crippen molar-refractivity contribution in [1.82, 2.24) is 5.32 Å². The third kappa shape index (κ3) is 5.60. The van der Waals surface area contributed by atoms with Gasteiger partial charge in [-0.3, -0.25) is 10.1 Å². The molecule has 0 saturated carbocycles. The predicted molar refractivity (Wildman–Crippen MR) is 103 cm³/mol. The molecule has 138 valence electrons. The highest BCUT2D eigenvalue weighted by Gasteiger charge is 2.24. The van der Waals surface area contributed by atoms with Crippen LogP contribution in [0, 0.1) is 0 Å². The van der Waals surface area contributed by atoms with Gasteiger partial charge in [0, 0.05) is 6.08 Å². The van der Waals surface area contributed by atoms with Gasteiger partial charge in [-0.15, -0.1) is 5.10 Å².